The first kappa shape index (κ1) is 14.3. The van der Waals surface area contributed by atoms with Crippen molar-refractivity contribution >= 4 is 23.3 Å². The van der Waals surface area contributed by atoms with Crippen LogP contribution in [0.1, 0.15) is 16.0 Å². The Morgan fingerprint density at radius 2 is 2.25 bits per heavy atom. The molecule has 0 spiro atoms. The van der Waals surface area contributed by atoms with Crippen LogP contribution in [0.4, 0.5) is 0 Å². The van der Waals surface area contributed by atoms with Crippen molar-refractivity contribution in [2.75, 3.05) is 7.11 Å². The fourth-order valence-electron chi connectivity index (χ4n) is 1.80. The van der Waals surface area contributed by atoms with Gasteiger partial charge in [0.25, 0.3) is 0 Å². The molecule has 0 aliphatic heterocycles. The van der Waals surface area contributed by atoms with Gasteiger partial charge in [-0.25, -0.2) is 0 Å². The second kappa shape index (κ2) is 6.91. The molecule has 0 saturated heterocycles. The molecule has 2 rings (SSSR count). The number of hydrogen-bond acceptors (Lipinski definition) is 3. The van der Waals surface area contributed by atoms with E-state index in [9.17, 15) is 4.79 Å². The van der Waals surface area contributed by atoms with Gasteiger partial charge in [-0.3, -0.25) is 4.79 Å². The minimum absolute atomic E-state index is 0.109. The maximum Gasteiger partial charge on any atom is 0.244 e. The van der Waals surface area contributed by atoms with Crippen molar-refractivity contribution in [1.82, 2.24) is 5.32 Å². The second-order valence-electron chi connectivity index (χ2n) is 4.38. The number of ether oxygens (including phenoxy) is 1. The molecule has 0 atom stereocenters. The zero-order chi connectivity index (χ0) is 14.4. The first-order valence-corrected chi connectivity index (χ1v) is 7.20. The van der Waals surface area contributed by atoms with Gasteiger partial charge in [-0.05, 0) is 36.6 Å². The standard InChI is InChI=1S/C16H17NO2S/c1-12-5-7-15(19-2)13(10-12)6-8-16(18)17-11-14-4-3-9-20-14/h3-10H,11H2,1-2H3,(H,17,18)/b8-6+. The van der Waals surface area contributed by atoms with E-state index in [0.717, 1.165) is 21.8 Å². The number of benzene rings is 1. The Balaban J connectivity index is 1.98. The van der Waals surface area contributed by atoms with E-state index < -0.39 is 0 Å². The SMILES string of the molecule is COc1ccc(C)cc1/C=C/C(=O)NCc1cccs1. The van der Waals surface area contributed by atoms with Gasteiger partial charge in [0.15, 0.2) is 0 Å². The third-order valence-corrected chi connectivity index (χ3v) is 3.69. The van der Waals surface area contributed by atoms with Crippen LogP contribution >= 0.6 is 11.3 Å². The van der Waals surface area contributed by atoms with E-state index >= 15 is 0 Å². The van der Waals surface area contributed by atoms with Crippen LogP contribution in [0.3, 0.4) is 0 Å². The van der Waals surface area contributed by atoms with E-state index in [4.69, 9.17) is 4.74 Å². The Kier molecular flexibility index (Phi) is 4.96. The van der Waals surface area contributed by atoms with Crippen molar-refractivity contribution in [1.29, 1.82) is 0 Å². The Labute approximate surface area is 122 Å². The van der Waals surface area contributed by atoms with Gasteiger partial charge in [0.2, 0.25) is 5.91 Å². The van der Waals surface area contributed by atoms with Gasteiger partial charge in [0.05, 0.1) is 13.7 Å². The molecule has 1 N–H and O–H groups in total. The lowest BCUT2D eigenvalue weighted by Crippen LogP contribution is -2.19. The summed E-state index contributed by atoms with van der Waals surface area (Å²) in [4.78, 5) is 12.9. The summed E-state index contributed by atoms with van der Waals surface area (Å²) in [7, 11) is 1.62. The summed E-state index contributed by atoms with van der Waals surface area (Å²) < 4.78 is 5.27. The van der Waals surface area contributed by atoms with E-state index in [1.54, 1.807) is 24.5 Å². The summed E-state index contributed by atoms with van der Waals surface area (Å²) in [5.74, 6) is 0.653. The summed E-state index contributed by atoms with van der Waals surface area (Å²) in [6.45, 7) is 2.57. The van der Waals surface area contributed by atoms with Crippen molar-refractivity contribution in [2.24, 2.45) is 0 Å². The van der Waals surface area contributed by atoms with E-state index in [0.29, 0.717) is 6.54 Å². The van der Waals surface area contributed by atoms with Crippen molar-refractivity contribution in [3.05, 3.63) is 57.8 Å². The minimum atomic E-state index is -0.109. The summed E-state index contributed by atoms with van der Waals surface area (Å²) in [6, 6.07) is 9.84. The van der Waals surface area contributed by atoms with E-state index in [-0.39, 0.29) is 5.91 Å². The highest BCUT2D eigenvalue weighted by molar-refractivity contribution is 7.09. The molecule has 20 heavy (non-hydrogen) atoms. The summed E-state index contributed by atoms with van der Waals surface area (Å²) in [6.07, 6.45) is 3.31. The first-order chi connectivity index (χ1) is 9.69. The first-order valence-electron chi connectivity index (χ1n) is 6.32. The van der Waals surface area contributed by atoms with Crippen molar-refractivity contribution < 1.29 is 9.53 Å². The predicted molar refractivity (Wildman–Crippen MR) is 82.9 cm³/mol. The third-order valence-electron chi connectivity index (χ3n) is 2.82. The topological polar surface area (TPSA) is 38.3 Å². The number of amides is 1. The minimum Gasteiger partial charge on any atom is -0.496 e. The Morgan fingerprint density at radius 3 is 2.95 bits per heavy atom. The lowest BCUT2D eigenvalue weighted by Gasteiger charge is -2.05. The molecule has 1 amide bonds. The highest BCUT2D eigenvalue weighted by Gasteiger charge is 2.01. The maximum atomic E-state index is 11.8. The van der Waals surface area contributed by atoms with Gasteiger partial charge >= 0.3 is 0 Å². The number of nitrogens with one attached hydrogen (secondary N) is 1. The zero-order valence-electron chi connectivity index (χ0n) is 11.6. The molecule has 0 saturated carbocycles. The fraction of sp³-hybridized carbons (Fsp3) is 0.188. The highest BCUT2D eigenvalue weighted by atomic mass is 32.1. The Bertz CT molecular complexity index is 603. The molecule has 104 valence electrons. The number of aryl methyl sites for hydroxylation is 1. The molecule has 2 aromatic rings. The molecule has 1 aromatic carbocycles. The van der Waals surface area contributed by atoms with Crippen LogP contribution in [-0.4, -0.2) is 13.0 Å². The van der Waals surface area contributed by atoms with Gasteiger partial charge in [-0.2, -0.15) is 0 Å². The van der Waals surface area contributed by atoms with Gasteiger partial charge in [0, 0.05) is 16.5 Å². The molecule has 0 aliphatic rings. The van der Waals surface area contributed by atoms with Crippen molar-refractivity contribution in [3.63, 3.8) is 0 Å². The highest BCUT2D eigenvalue weighted by Crippen LogP contribution is 2.20. The third kappa shape index (κ3) is 3.96. The molecule has 3 nitrogen and oxygen atoms in total. The number of carbonyl (C=O) groups is 1. The molecular weight excluding hydrogens is 270 g/mol. The Hall–Kier alpha value is -2.07. The van der Waals surface area contributed by atoms with Crippen LogP contribution in [0, 0.1) is 6.92 Å². The predicted octanol–water partition coefficient (Wildman–Crippen LogP) is 3.39. The van der Waals surface area contributed by atoms with Crippen LogP contribution in [0.2, 0.25) is 0 Å². The lowest BCUT2D eigenvalue weighted by molar-refractivity contribution is -0.116. The van der Waals surface area contributed by atoms with E-state index in [1.165, 1.54) is 6.08 Å². The summed E-state index contributed by atoms with van der Waals surface area (Å²) >= 11 is 1.63. The monoisotopic (exact) mass is 287 g/mol. The molecule has 0 fully saturated rings. The smallest absolute Gasteiger partial charge is 0.244 e. The van der Waals surface area contributed by atoms with Crippen LogP contribution in [-0.2, 0) is 11.3 Å². The molecule has 4 heteroatoms. The number of carbonyl (C=O) groups excluding carboxylic acids is 1. The lowest BCUT2D eigenvalue weighted by atomic mass is 10.1. The largest absolute Gasteiger partial charge is 0.496 e. The molecule has 1 heterocycles. The fourth-order valence-corrected chi connectivity index (χ4v) is 2.44. The molecule has 0 aliphatic carbocycles. The normalized spacial score (nSPS) is 10.7. The van der Waals surface area contributed by atoms with E-state index in [2.05, 4.69) is 5.32 Å². The van der Waals surface area contributed by atoms with Gasteiger partial charge in [-0.1, -0.05) is 17.7 Å². The van der Waals surface area contributed by atoms with Crippen LogP contribution in [0.15, 0.2) is 41.8 Å². The Morgan fingerprint density at radius 1 is 1.40 bits per heavy atom. The van der Waals surface area contributed by atoms with Crippen LogP contribution < -0.4 is 10.1 Å². The average molecular weight is 287 g/mol. The average Bonchev–Trinajstić information content (AvgIpc) is 2.96. The summed E-state index contributed by atoms with van der Waals surface area (Å²) in [5.41, 5.74) is 2.03. The zero-order valence-corrected chi connectivity index (χ0v) is 12.4. The second-order valence-corrected chi connectivity index (χ2v) is 5.41. The molecule has 0 radical (unpaired) electrons. The van der Waals surface area contributed by atoms with Crippen molar-refractivity contribution in [3.8, 4) is 5.75 Å². The number of methoxy groups -OCH3 is 1. The number of rotatable bonds is 5. The number of thiophene rings is 1. The van der Waals surface area contributed by atoms with Crippen LogP contribution in [0.5, 0.6) is 5.75 Å². The molecule has 0 bridgehead atoms. The van der Waals surface area contributed by atoms with E-state index in [1.807, 2.05) is 42.6 Å². The molecule has 0 unspecified atom stereocenters. The van der Waals surface area contributed by atoms with Gasteiger partial charge in [-0.15, -0.1) is 11.3 Å². The number of hydrogen-bond donors (Lipinski definition) is 1. The van der Waals surface area contributed by atoms with Crippen LogP contribution in [0.25, 0.3) is 6.08 Å². The van der Waals surface area contributed by atoms with Gasteiger partial charge in [0.1, 0.15) is 5.75 Å². The molecule has 1 aromatic heterocycles. The maximum absolute atomic E-state index is 11.8. The quantitative estimate of drug-likeness (QED) is 0.856. The summed E-state index contributed by atoms with van der Waals surface area (Å²) in [5, 5.41) is 4.85. The van der Waals surface area contributed by atoms with Crippen molar-refractivity contribution in [2.45, 2.75) is 13.5 Å². The molecular formula is C16H17NO2S. The van der Waals surface area contributed by atoms with Gasteiger partial charge < -0.3 is 10.1 Å².